The van der Waals surface area contributed by atoms with Crippen LogP contribution in [-0.2, 0) is 24.3 Å². The number of hydrogen-bond donors (Lipinski definition) is 2. The molecule has 2 N–H and O–H groups in total. The monoisotopic (exact) mass is 591 g/mol. The number of anilines is 2. The number of rotatable bonds is 3. The van der Waals surface area contributed by atoms with Gasteiger partial charge in [0.05, 0.1) is 11.6 Å². The summed E-state index contributed by atoms with van der Waals surface area (Å²) in [5.74, 6) is 2.79. The van der Waals surface area contributed by atoms with E-state index in [4.69, 9.17) is 4.98 Å². The fourth-order valence-electron chi connectivity index (χ4n) is 5.76. The van der Waals surface area contributed by atoms with Gasteiger partial charge in [-0.1, -0.05) is 24.3 Å². The number of benzene rings is 1. The first-order valence-electron chi connectivity index (χ1n) is 11.9. The molecule has 1 spiro atoms. The van der Waals surface area contributed by atoms with Crippen molar-refractivity contribution in [3.63, 3.8) is 0 Å². The second-order valence-corrected chi connectivity index (χ2v) is 13.7. The van der Waals surface area contributed by atoms with Gasteiger partial charge in [-0.2, -0.15) is 4.98 Å². The predicted octanol–water partition coefficient (Wildman–Crippen LogP) is 3.74. The summed E-state index contributed by atoms with van der Waals surface area (Å²) in [5.41, 5.74) is 3.79. The molecule has 4 aliphatic heterocycles. The largest absolute Gasteiger partial charge is 0.598 e. The Hall–Kier alpha value is -1.63. The first-order chi connectivity index (χ1) is 16.3. The Bertz CT molecular complexity index is 1200. The van der Waals surface area contributed by atoms with E-state index in [0.717, 1.165) is 66.5 Å². The van der Waals surface area contributed by atoms with E-state index in [1.165, 1.54) is 11.1 Å². The summed E-state index contributed by atoms with van der Waals surface area (Å²) in [6.07, 6.45) is 3.07. The Morgan fingerprint density at radius 1 is 1.18 bits per heavy atom. The van der Waals surface area contributed by atoms with Gasteiger partial charge in [0.25, 0.3) is 0 Å². The number of halogens is 1. The molecule has 1 fully saturated rings. The maximum atomic E-state index is 13.2. The van der Waals surface area contributed by atoms with Crippen LogP contribution in [-0.4, -0.2) is 48.7 Å². The highest BCUT2D eigenvalue weighted by atomic mass is 127. The second kappa shape index (κ2) is 8.21. The molecule has 0 radical (unpaired) electrons. The van der Waals surface area contributed by atoms with Crippen LogP contribution in [0.1, 0.15) is 50.8 Å². The van der Waals surface area contributed by atoms with E-state index in [1.807, 2.05) is 20.8 Å². The van der Waals surface area contributed by atoms with Crippen molar-refractivity contribution in [2.24, 2.45) is 5.41 Å². The van der Waals surface area contributed by atoms with Crippen molar-refractivity contribution in [2.45, 2.75) is 57.4 Å². The molecule has 2 atom stereocenters. The molecule has 0 aromatic heterocycles. The van der Waals surface area contributed by atoms with Crippen LogP contribution in [0.15, 0.2) is 24.3 Å². The lowest BCUT2D eigenvalue weighted by atomic mass is 9.73. The van der Waals surface area contributed by atoms with Crippen LogP contribution >= 0.6 is 22.6 Å². The lowest BCUT2D eigenvalue weighted by Crippen LogP contribution is -2.50. The number of nitrogens with zero attached hydrogens (tertiary/aromatic N) is 5. The first kappa shape index (κ1) is 22.8. The van der Waals surface area contributed by atoms with Crippen LogP contribution in [0.25, 0.3) is 11.4 Å². The summed E-state index contributed by atoms with van der Waals surface area (Å²) in [7, 11) is 0. The summed E-state index contributed by atoms with van der Waals surface area (Å²) in [4.78, 5) is 7.36. The maximum Gasteiger partial charge on any atom is 0.209 e. The molecule has 4 heterocycles. The Morgan fingerprint density at radius 3 is 2.71 bits per heavy atom. The third-order valence-corrected chi connectivity index (χ3v) is 9.91. The summed E-state index contributed by atoms with van der Waals surface area (Å²) in [6, 6.07) is 8.79. The van der Waals surface area contributed by atoms with Gasteiger partial charge in [-0.3, -0.25) is 4.57 Å². The molecule has 0 bridgehead atoms. The van der Waals surface area contributed by atoms with Crippen LogP contribution in [0.2, 0.25) is 0 Å². The molecule has 1 saturated heterocycles. The zero-order valence-corrected chi connectivity index (χ0v) is 22.7. The molecule has 1 aliphatic carbocycles. The molecule has 8 nitrogen and oxygen atoms in total. The molecule has 34 heavy (non-hydrogen) atoms. The Labute approximate surface area is 217 Å². The number of piperidine rings is 1. The molecule has 1 aromatic carbocycles. The van der Waals surface area contributed by atoms with Crippen molar-refractivity contribution in [1.82, 2.24) is 24.5 Å². The Kier molecular flexibility index (Phi) is 5.51. The van der Waals surface area contributed by atoms with Crippen LogP contribution in [0, 0.1) is 9.12 Å². The highest BCUT2D eigenvalue weighted by molar-refractivity contribution is 14.1. The van der Waals surface area contributed by atoms with Crippen LogP contribution < -0.4 is 14.9 Å². The average molecular weight is 592 g/mol. The minimum Gasteiger partial charge on any atom is -0.598 e. The van der Waals surface area contributed by atoms with E-state index in [0.29, 0.717) is 5.82 Å². The summed E-state index contributed by atoms with van der Waals surface area (Å²) >= 11 is 1.11. The lowest BCUT2D eigenvalue weighted by Gasteiger charge is -2.44. The Morgan fingerprint density at radius 2 is 1.94 bits per heavy atom. The highest BCUT2D eigenvalue weighted by Crippen LogP contribution is 2.53. The van der Waals surface area contributed by atoms with Gasteiger partial charge in [-0.05, 0) is 73.8 Å². The summed E-state index contributed by atoms with van der Waals surface area (Å²) in [5, 5.41) is 12.1. The number of hydrogen-bond acceptors (Lipinski definition) is 7. The van der Waals surface area contributed by atoms with Crippen LogP contribution in [0.4, 0.5) is 11.8 Å². The number of aromatic nitrogens is 4. The van der Waals surface area contributed by atoms with Crippen LogP contribution in [0.3, 0.4) is 0 Å². The SMILES string of the molecule is CC(C)(C)[S+]([O-])N[C@@H]1c2ccccc2CC12CCN(c1nc3nnc(I)c-3c3n1CCN3)CC2. The van der Waals surface area contributed by atoms with Crippen molar-refractivity contribution >= 4 is 45.7 Å². The predicted molar refractivity (Wildman–Crippen MR) is 143 cm³/mol. The standard InChI is InChI=1S/C24H30IN7OS/c1-23(2,3)34(33)30-18-16-7-5-4-6-15(16)14-24(18)8-11-31(12-9-24)22-27-20-17(19(25)28-29-20)21-26-10-13-32(21)22/h4-7,18,26,30H,8-14H2,1-3H3/t18-,34?/m1/s1. The summed E-state index contributed by atoms with van der Waals surface area (Å²) < 4.78 is 19.6. The molecule has 180 valence electrons. The van der Waals surface area contributed by atoms with Gasteiger partial charge >= 0.3 is 0 Å². The fourth-order valence-corrected chi connectivity index (χ4v) is 7.31. The molecule has 1 aromatic rings. The van der Waals surface area contributed by atoms with Crippen molar-refractivity contribution in [3.8, 4) is 11.4 Å². The topological polar surface area (TPSA) is 94.0 Å². The molecule has 10 heteroatoms. The molecule has 5 aliphatic rings. The maximum absolute atomic E-state index is 13.2. The zero-order chi connectivity index (χ0) is 23.7. The first-order valence-corrected chi connectivity index (χ1v) is 14.2. The molecular formula is C24H30IN7OS. The van der Waals surface area contributed by atoms with Crippen molar-refractivity contribution in [3.05, 3.63) is 39.1 Å². The summed E-state index contributed by atoms with van der Waals surface area (Å²) in [6.45, 7) is 9.73. The quantitative estimate of drug-likeness (QED) is 0.354. The molecule has 6 rings (SSSR count). The van der Waals surface area contributed by atoms with E-state index >= 15 is 0 Å². The molecule has 1 unspecified atom stereocenters. The van der Waals surface area contributed by atoms with E-state index in [9.17, 15) is 4.55 Å². The number of nitrogens with one attached hydrogen (secondary N) is 2. The third-order valence-electron chi connectivity index (χ3n) is 7.59. The van der Waals surface area contributed by atoms with Gasteiger partial charge in [0.1, 0.15) is 14.3 Å². The van der Waals surface area contributed by atoms with Gasteiger partial charge in [0.15, 0.2) is 5.82 Å². The third kappa shape index (κ3) is 3.59. The van der Waals surface area contributed by atoms with E-state index in [2.05, 4.69) is 76.6 Å². The average Bonchev–Trinajstić information content (AvgIpc) is 3.50. The second-order valence-electron chi connectivity index (χ2n) is 10.7. The van der Waals surface area contributed by atoms with Crippen LogP contribution in [0.5, 0.6) is 0 Å². The van der Waals surface area contributed by atoms with Gasteiger partial charge in [0, 0.05) is 43.0 Å². The number of fused-ring (bicyclic) bond motifs is 4. The van der Waals surface area contributed by atoms with Crippen molar-refractivity contribution in [1.29, 1.82) is 0 Å². The molecular weight excluding hydrogens is 561 g/mol. The van der Waals surface area contributed by atoms with Crippen molar-refractivity contribution in [2.75, 3.05) is 29.9 Å². The minimum atomic E-state index is -1.12. The smallest absolute Gasteiger partial charge is 0.209 e. The zero-order valence-electron chi connectivity index (χ0n) is 19.8. The highest BCUT2D eigenvalue weighted by Gasteiger charge is 2.50. The fraction of sp³-hybridized carbons (Fsp3) is 0.542. The normalized spacial score (nSPS) is 22.1. The van der Waals surface area contributed by atoms with E-state index < -0.39 is 11.4 Å². The van der Waals surface area contributed by atoms with Gasteiger partial charge in [0.2, 0.25) is 5.95 Å². The Balaban J connectivity index is 1.30. The molecule has 0 amide bonds. The van der Waals surface area contributed by atoms with Crippen molar-refractivity contribution < 1.29 is 4.55 Å². The molecule has 0 saturated carbocycles. The van der Waals surface area contributed by atoms with Gasteiger partial charge in [-0.25, -0.2) is 0 Å². The van der Waals surface area contributed by atoms with E-state index in [-0.39, 0.29) is 16.2 Å². The minimum absolute atomic E-state index is 0.0623. The van der Waals surface area contributed by atoms with E-state index in [1.54, 1.807) is 0 Å². The van der Waals surface area contributed by atoms with Gasteiger partial charge < -0.3 is 14.8 Å². The lowest BCUT2D eigenvalue weighted by molar-refractivity contribution is 0.175. The van der Waals surface area contributed by atoms with Gasteiger partial charge in [-0.15, -0.1) is 14.9 Å².